The number of ether oxygens (including phenoxy) is 1. The van der Waals surface area contributed by atoms with Gasteiger partial charge in [0, 0.05) is 23.9 Å². The van der Waals surface area contributed by atoms with E-state index in [0.717, 1.165) is 5.69 Å². The summed E-state index contributed by atoms with van der Waals surface area (Å²) in [7, 11) is 0. The van der Waals surface area contributed by atoms with Gasteiger partial charge in [-0.05, 0) is 39.0 Å². The summed E-state index contributed by atoms with van der Waals surface area (Å²) in [5.41, 5.74) is 1.13. The first kappa shape index (κ1) is 27.7. The van der Waals surface area contributed by atoms with Gasteiger partial charge in [0.25, 0.3) is 0 Å². The zero-order valence-corrected chi connectivity index (χ0v) is 22.0. The minimum absolute atomic E-state index is 0.0281. The van der Waals surface area contributed by atoms with Crippen molar-refractivity contribution in [2.45, 2.75) is 65.8 Å². The first-order valence-corrected chi connectivity index (χ1v) is 11.9. The molecule has 0 atom stereocenters. The highest BCUT2D eigenvalue weighted by atomic mass is 35.5. The van der Waals surface area contributed by atoms with Crippen LogP contribution in [0.5, 0.6) is 0 Å². The lowest BCUT2D eigenvalue weighted by atomic mass is 9.92. The van der Waals surface area contributed by atoms with Crippen molar-refractivity contribution in [2.75, 3.05) is 18.5 Å². The third kappa shape index (κ3) is 7.46. The van der Waals surface area contributed by atoms with Crippen LogP contribution < -0.4 is 5.32 Å². The summed E-state index contributed by atoms with van der Waals surface area (Å²) in [6.45, 7) is 11.5. The fourth-order valence-electron chi connectivity index (χ4n) is 3.13. The average molecular weight is 511 g/mol. The Labute approximate surface area is 210 Å². The first-order chi connectivity index (χ1) is 15.8. The van der Waals surface area contributed by atoms with Crippen LogP contribution in [0.25, 0.3) is 5.69 Å². The van der Waals surface area contributed by atoms with Crippen LogP contribution >= 0.6 is 23.2 Å². The molecule has 0 spiro atoms. The van der Waals surface area contributed by atoms with E-state index in [4.69, 9.17) is 27.9 Å². The molecule has 34 heavy (non-hydrogen) atoms. The Bertz CT molecular complexity index is 1040. The Hall–Kier alpha value is -2.58. The number of esters is 1. The van der Waals surface area contributed by atoms with Gasteiger partial charge in [0.15, 0.2) is 0 Å². The molecule has 2 aromatic rings. The van der Waals surface area contributed by atoms with Crippen LogP contribution in [0.2, 0.25) is 10.0 Å². The van der Waals surface area contributed by atoms with Crippen molar-refractivity contribution in [2.24, 2.45) is 0 Å². The van der Waals surface area contributed by atoms with Crippen LogP contribution in [0.15, 0.2) is 24.3 Å². The largest absolute Gasteiger partial charge is 0.466 e. The summed E-state index contributed by atoms with van der Waals surface area (Å²) in [5, 5.41) is 8.29. The molecule has 0 aliphatic carbocycles. The Morgan fingerprint density at radius 3 is 2.35 bits per heavy atom. The molecule has 0 saturated carbocycles. The second-order valence-corrected chi connectivity index (χ2v) is 9.96. The predicted molar refractivity (Wildman–Crippen MR) is 134 cm³/mol. The maximum absolute atomic E-state index is 13.0. The van der Waals surface area contributed by atoms with Crippen LogP contribution in [0.1, 0.15) is 60.1 Å². The zero-order valence-electron chi connectivity index (χ0n) is 20.4. The third-order valence-electron chi connectivity index (χ3n) is 5.00. The van der Waals surface area contributed by atoms with Crippen molar-refractivity contribution >= 4 is 46.8 Å². The van der Waals surface area contributed by atoms with Gasteiger partial charge in [0.05, 0.1) is 34.5 Å². The van der Waals surface area contributed by atoms with Crippen LogP contribution in [-0.2, 0) is 24.5 Å². The quantitative estimate of drug-likeness (QED) is 0.479. The average Bonchev–Trinajstić information content (AvgIpc) is 3.16. The molecule has 0 unspecified atom stereocenters. The molecule has 2 amide bonds. The van der Waals surface area contributed by atoms with E-state index in [9.17, 15) is 14.4 Å². The number of halogens is 2. The maximum atomic E-state index is 13.0. The molecule has 1 heterocycles. The smallest absolute Gasteiger partial charge is 0.306 e. The lowest BCUT2D eigenvalue weighted by Crippen LogP contribution is -2.42. The molecule has 186 valence electrons. The lowest BCUT2D eigenvalue weighted by Gasteiger charge is -2.26. The fourth-order valence-corrected chi connectivity index (χ4v) is 3.42. The molecule has 0 aliphatic heterocycles. The molecular formula is C24H32Cl2N4O4. The molecule has 1 N–H and O–H groups in total. The molecule has 0 saturated heterocycles. The fraction of sp³-hybridized carbons (Fsp3) is 0.500. The number of benzene rings is 1. The molecule has 1 aromatic carbocycles. The third-order valence-corrected chi connectivity index (χ3v) is 5.74. The number of carbonyl (C=O) groups is 3. The Kier molecular flexibility index (Phi) is 9.53. The number of amides is 2. The number of nitrogens with one attached hydrogen (secondary N) is 1. The summed E-state index contributed by atoms with van der Waals surface area (Å²) in [4.78, 5) is 38.7. The number of carbonyl (C=O) groups excluding carboxylic acids is 3. The van der Waals surface area contributed by atoms with Crippen LogP contribution in [0.3, 0.4) is 0 Å². The van der Waals surface area contributed by atoms with Gasteiger partial charge in [-0.15, -0.1) is 0 Å². The normalized spacial score (nSPS) is 11.4. The molecule has 1 aromatic heterocycles. The van der Waals surface area contributed by atoms with E-state index < -0.39 is 5.97 Å². The van der Waals surface area contributed by atoms with Crippen molar-refractivity contribution in [3.05, 3.63) is 40.0 Å². The highest BCUT2D eigenvalue weighted by Crippen LogP contribution is 2.29. The van der Waals surface area contributed by atoms with Gasteiger partial charge in [-0.1, -0.05) is 44.0 Å². The molecule has 10 heteroatoms. The van der Waals surface area contributed by atoms with E-state index in [-0.39, 0.29) is 49.3 Å². The second-order valence-electron chi connectivity index (χ2n) is 9.14. The summed E-state index contributed by atoms with van der Waals surface area (Å²) >= 11 is 12.2. The molecule has 0 radical (unpaired) electrons. The number of hydrogen-bond acceptors (Lipinski definition) is 5. The Morgan fingerprint density at radius 2 is 1.79 bits per heavy atom. The highest BCUT2D eigenvalue weighted by molar-refractivity contribution is 6.42. The SMILES string of the molecule is CCOC(=O)CCC(=O)N(CC(=O)Nc1cc(C(C)(C)C)nn1-c1ccc(Cl)c(Cl)c1)C(C)C. The van der Waals surface area contributed by atoms with E-state index in [1.54, 1.807) is 35.9 Å². The molecule has 0 bridgehead atoms. The van der Waals surface area contributed by atoms with Crippen LogP contribution in [0.4, 0.5) is 5.82 Å². The zero-order chi connectivity index (χ0) is 25.6. The van der Waals surface area contributed by atoms with Gasteiger partial charge in [0.1, 0.15) is 12.4 Å². The van der Waals surface area contributed by atoms with Gasteiger partial charge in [-0.3, -0.25) is 14.4 Å². The predicted octanol–water partition coefficient (Wildman–Crippen LogP) is 5.00. The van der Waals surface area contributed by atoms with E-state index in [0.29, 0.717) is 21.6 Å². The highest BCUT2D eigenvalue weighted by Gasteiger charge is 2.24. The van der Waals surface area contributed by atoms with Crippen molar-refractivity contribution in [3.8, 4) is 5.69 Å². The minimum atomic E-state index is -0.441. The molecule has 0 fully saturated rings. The Morgan fingerprint density at radius 1 is 1.12 bits per heavy atom. The minimum Gasteiger partial charge on any atom is -0.466 e. The van der Waals surface area contributed by atoms with Crippen molar-refractivity contribution < 1.29 is 19.1 Å². The van der Waals surface area contributed by atoms with Crippen LogP contribution in [-0.4, -0.2) is 51.7 Å². The number of hydrogen-bond donors (Lipinski definition) is 1. The lowest BCUT2D eigenvalue weighted by molar-refractivity contribution is -0.146. The van der Waals surface area contributed by atoms with Gasteiger partial charge in [-0.25, -0.2) is 4.68 Å². The number of nitrogens with zero attached hydrogens (tertiary/aromatic N) is 3. The maximum Gasteiger partial charge on any atom is 0.306 e. The number of anilines is 1. The monoisotopic (exact) mass is 510 g/mol. The van der Waals surface area contributed by atoms with E-state index in [1.807, 2.05) is 34.6 Å². The summed E-state index contributed by atoms with van der Waals surface area (Å²) < 4.78 is 6.46. The van der Waals surface area contributed by atoms with Gasteiger partial charge in [-0.2, -0.15) is 5.10 Å². The van der Waals surface area contributed by atoms with Gasteiger partial charge < -0.3 is 15.0 Å². The number of rotatable bonds is 9. The van der Waals surface area contributed by atoms with Crippen molar-refractivity contribution in [1.82, 2.24) is 14.7 Å². The molecular weight excluding hydrogens is 479 g/mol. The first-order valence-electron chi connectivity index (χ1n) is 11.1. The van der Waals surface area contributed by atoms with E-state index in [1.165, 1.54) is 4.90 Å². The topological polar surface area (TPSA) is 93.5 Å². The van der Waals surface area contributed by atoms with Crippen molar-refractivity contribution in [1.29, 1.82) is 0 Å². The van der Waals surface area contributed by atoms with E-state index >= 15 is 0 Å². The summed E-state index contributed by atoms with van der Waals surface area (Å²) in [5.74, 6) is -0.688. The van der Waals surface area contributed by atoms with Crippen LogP contribution in [0, 0.1) is 0 Å². The van der Waals surface area contributed by atoms with Gasteiger partial charge >= 0.3 is 5.97 Å². The molecule has 2 rings (SSSR count). The molecule has 8 nitrogen and oxygen atoms in total. The standard InChI is InChI=1S/C24H32Cl2N4O4/c1-7-34-23(33)11-10-22(32)29(15(2)3)14-21(31)27-20-13-19(24(4,5)6)28-30(20)16-8-9-17(25)18(26)12-16/h8-9,12-13,15H,7,10-11,14H2,1-6H3,(H,27,31). The summed E-state index contributed by atoms with van der Waals surface area (Å²) in [6, 6.07) is 6.64. The molecule has 0 aliphatic rings. The summed E-state index contributed by atoms with van der Waals surface area (Å²) in [6.07, 6.45) is -0.0593. The Balaban J connectivity index is 2.24. The van der Waals surface area contributed by atoms with Gasteiger partial charge in [0.2, 0.25) is 11.8 Å². The van der Waals surface area contributed by atoms with Crippen molar-refractivity contribution in [3.63, 3.8) is 0 Å². The second kappa shape index (κ2) is 11.7. The van der Waals surface area contributed by atoms with E-state index in [2.05, 4.69) is 10.4 Å². The number of aromatic nitrogens is 2.